The molecule has 0 radical (unpaired) electrons. The maximum absolute atomic E-state index is 13.3. The van der Waals surface area contributed by atoms with Gasteiger partial charge in [0.15, 0.2) is 0 Å². The molecule has 7 heteroatoms. The Bertz CT molecular complexity index is 773. The molecule has 0 atom stereocenters. The highest BCUT2D eigenvalue weighted by atomic mass is 32.2. The van der Waals surface area contributed by atoms with Gasteiger partial charge < -0.3 is 19.7 Å². The van der Waals surface area contributed by atoms with Crippen molar-refractivity contribution in [2.45, 2.75) is 87.8 Å². The second-order valence-electron chi connectivity index (χ2n) is 11.2. The van der Waals surface area contributed by atoms with E-state index >= 15 is 0 Å². The van der Waals surface area contributed by atoms with Crippen LogP contribution in [0.4, 0.5) is 0 Å². The van der Waals surface area contributed by atoms with Crippen LogP contribution < -0.4 is 10.1 Å². The number of amides is 1. The first kappa shape index (κ1) is 21.6. The van der Waals surface area contributed by atoms with Crippen molar-refractivity contribution in [3.8, 4) is 5.88 Å². The molecule has 0 saturated heterocycles. The Balaban J connectivity index is 1.33. The Kier molecular flexibility index (Phi) is 6.01. The lowest BCUT2D eigenvalue weighted by molar-refractivity contribution is -0.0124. The second kappa shape index (κ2) is 8.62. The fourth-order valence-corrected chi connectivity index (χ4v) is 7.80. The first-order chi connectivity index (χ1) is 14.9. The van der Waals surface area contributed by atoms with E-state index in [1.54, 1.807) is 11.8 Å². The maximum atomic E-state index is 13.3. The molecule has 5 aliphatic rings. The highest BCUT2D eigenvalue weighted by molar-refractivity contribution is 8.00. The number of ether oxygens (including phenoxy) is 1. The van der Waals surface area contributed by atoms with Gasteiger partial charge in [-0.1, -0.05) is 26.7 Å². The monoisotopic (exact) mass is 448 g/mol. The minimum Gasteiger partial charge on any atom is -0.474 e. The van der Waals surface area contributed by atoms with Gasteiger partial charge in [-0.3, -0.25) is 4.79 Å². The van der Waals surface area contributed by atoms with E-state index in [4.69, 9.17) is 9.26 Å². The first-order valence-electron chi connectivity index (χ1n) is 12.1. The minimum atomic E-state index is -0.378. The summed E-state index contributed by atoms with van der Waals surface area (Å²) in [4.78, 5) is 14.1. The summed E-state index contributed by atoms with van der Waals surface area (Å²) in [6, 6.07) is 0.271. The van der Waals surface area contributed by atoms with E-state index in [9.17, 15) is 9.90 Å². The van der Waals surface area contributed by atoms with Crippen molar-refractivity contribution in [2.24, 2.45) is 29.1 Å². The lowest BCUT2D eigenvalue weighted by Crippen LogP contribution is -2.55. The standard InChI is InChI=1S/C24H36N2O4S/c1-24(2,12-27)13-29-23-21(31-18-5-3-4-6-18)20(30-26-23)22(28)25-19-16-8-14-7-15(10-16)11-17(19)9-14/h14-19,27H,3-13H2,1-2H3,(H,25,28). The van der Waals surface area contributed by atoms with Crippen molar-refractivity contribution < 1.29 is 19.2 Å². The number of aliphatic hydroxyl groups is 1. The van der Waals surface area contributed by atoms with Gasteiger partial charge in [-0.2, -0.15) is 0 Å². The highest BCUT2D eigenvalue weighted by Gasteiger charge is 2.49. The van der Waals surface area contributed by atoms with Gasteiger partial charge in [0.25, 0.3) is 11.8 Å². The molecule has 31 heavy (non-hydrogen) atoms. The average molecular weight is 449 g/mol. The molecule has 172 valence electrons. The predicted molar refractivity (Wildman–Crippen MR) is 119 cm³/mol. The number of aliphatic hydroxyl groups excluding tert-OH is 1. The fourth-order valence-electron chi connectivity index (χ4n) is 6.47. The van der Waals surface area contributed by atoms with Crippen LogP contribution in [0.3, 0.4) is 0 Å². The van der Waals surface area contributed by atoms with Crippen LogP contribution in [-0.2, 0) is 0 Å². The molecule has 5 aliphatic carbocycles. The molecule has 1 amide bonds. The van der Waals surface area contributed by atoms with Crippen molar-refractivity contribution in [3.05, 3.63) is 5.76 Å². The van der Waals surface area contributed by atoms with Crippen LogP contribution in [0.1, 0.15) is 82.2 Å². The Labute approximate surface area is 189 Å². The third kappa shape index (κ3) is 4.50. The molecule has 5 fully saturated rings. The molecular weight excluding hydrogens is 412 g/mol. The van der Waals surface area contributed by atoms with Gasteiger partial charge in [-0.15, -0.1) is 11.8 Å². The maximum Gasteiger partial charge on any atom is 0.291 e. The normalized spacial score (nSPS) is 32.5. The Morgan fingerprint density at radius 1 is 1.16 bits per heavy atom. The van der Waals surface area contributed by atoms with Crippen LogP contribution in [0.2, 0.25) is 0 Å². The lowest BCUT2D eigenvalue weighted by Gasteiger charge is -2.54. The van der Waals surface area contributed by atoms with Crippen molar-refractivity contribution in [2.75, 3.05) is 13.2 Å². The zero-order chi connectivity index (χ0) is 21.6. The van der Waals surface area contributed by atoms with E-state index in [0.29, 0.717) is 35.3 Å². The molecule has 2 N–H and O–H groups in total. The molecule has 1 heterocycles. The quantitative estimate of drug-likeness (QED) is 0.602. The third-order valence-corrected chi connectivity index (χ3v) is 9.37. The van der Waals surface area contributed by atoms with Gasteiger partial charge in [0, 0.05) is 16.7 Å². The topological polar surface area (TPSA) is 84.6 Å². The molecule has 0 unspecified atom stereocenters. The minimum absolute atomic E-state index is 0.0236. The molecule has 0 aromatic carbocycles. The summed E-state index contributed by atoms with van der Waals surface area (Å²) in [5.41, 5.74) is -0.378. The van der Waals surface area contributed by atoms with Gasteiger partial charge in [-0.25, -0.2) is 0 Å². The Hall–Kier alpha value is -1.21. The number of nitrogens with one attached hydrogen (secondary N) is 1. The van der Waals surface area contributed by atoms with Crippen LogP contribution >= 0.6 is 11.8 Å². The number of carbonyl (C=O) groups is 1. The van der Waals surface area contributed by atoms with Gasteiger partial charge >= 0.3 is 0 Å². The van der Waals surface area contributed by atoms with Crippen LogP contribution in [0.5, 0.6) is 5.88 Å². The molecule has 0 spiro atoms. The predicted octanol–water partition coefficient (Wildman–Crippen LogP) is 4.66. The lowest BCUT2D eigenvalue weighted by atomic mass is 9.54. The van der Waals surface area contributed by atoms with E-state index in [1.165, 1.54) is 44.9 Å². The van der Waals surface area contributed by atoms with Crippen molar-refractivity contribution in [1.29, 1.82) is 0 Å². The van der Waals surface area contributed by atoms with Crippen LogP contribution in [-0.4, -0.2) is 40.7 Å². The zero-order valence-electron chi connectivity index (χ0n) is 18.8. The number of hydrogen-bond acceptors (Lipinski definition) is 6. The second-order valence-corrected chi connectivity index (χ2v) is 12.5. The van der Waals surface area contributed by atoms with E-state index in [-0.39, 0.29) is 24.0 Å². The molecule has 5 saturated carbocycles. The first-order valence-corrected chi connectivity index (χ1v) is 13.0. The molecular formula is C24H36N2O4S. The Morgan fingerprint density at radius 3 is 2.42 bits per heavy atom. The number of thioether (sulfide) groups is 1. The molecule has 6 rings (SSSR count). The average Bonchev–Trinajstić information content (AvgIpc) is 3.39. The van der Waals surface area contributed by atoms with Crippen LogP contribution in [0.25, 0.3) is 0 Å². The van der Waals surface area contributed by atoms with Crippen molar-refractivity contribution in [3.63, 3.8) is 0 Å². The number of hydrogen-bond donors (Lipinski definition) is 2. The number of carbonyl (C=O) groups excluding carboxylic acids is 1. The van der Waals surface area contributed by atoms with E-state index in [2.05, 4.69) is 10.5 Å². The van der Waals surface area contributed by atoms with Crippen LogP contribution in [0.15, 0.2) is 9.42 Å². The summed E-state index contributed by atoms with van der Waals surface area (Å²) in [6.07, 6.45) is 11.2. The molecule has 4 bridgehead atoms. The summed E-state index contributed by atoms with van der Waals surface area (Å²) >= 11 is 1.68. The molecule has 0 aliphatic heterocycles. The van der Waals surface area contributed by atoms with Crippen LogP contribution in [0, 0.1) is 29.1 Å². The van der Waals surface area contributed by atoms with Crippen molar-refractivity contribution in [1.82, 2.24) is 10.5 Å². The summed E-state index contributed by atoms with van der Waals surface area (Å²) in [5, 5.41) is 17.5. The number of aromatic nitrogens is 1. The summed E-state index contributed by atoms with van der Waals surface area (Å²) in [5.74, 6) is 3.57. The van der Waals surface area contributed by atoms with Gasteiger partial charge in [-0.05, 0) is 73.8 Å². The van der Waals surface area contributed by atoms with Gasteiger partial charge in [0.1, 0.15) is 4.90 Å². The van der Waals surface area contributed by atoms with E-state index < -0.39 is 0 Å². The number of nitrogens with zero attached hydrogens (tertiary/aromatic N) is 1. The fraction of sp³-hybridized carbons (Fsp3) is 0.833. The summed E-state index contributed by atoms with van der Waals surface area (Å²) in [6.45, 7) is 4.23. The summed E-state index contributed by atoms with van der Waals surface area (Å²) in [7, 11) is 0. The largest absolute Gasteiger partial charge is 0.474 e. The molecule has 1 aromatic heterocycles. The number of rotatable bonds is 8. The molecule has 6 nitrogen and oxygen atoms in total. The molecule has 1 aromatic rings. The zero-order valence-corrected chi connectivity index (χ0v) is 19.6. The highest BCUT2D eigenvalue weighted by Crippen LogP contribution is 2.54. The smallest absolute Gasteiger partial charge is 0.291 e. The van der Waals surface area contributed by atoms with E-state index in [1.807, 2.05) is 13.8 Å². The van der Waals surface area contributed by atoms with Gasteiger partial charge in [0.2, 0.25) is 5.76 Å². The van der Waals surface area contributed by atoms with Crippen molar-refractivity contribution >= 4 is 17.7 Å². The summed E-state index contributed by atoms with van der Waals surface area (Å²) < 4.78 is 11.5. The SMILES string of the molecule is CC(C)(CO)COc1noc(C(=O)NC2C3CC4CC(C3)CC2C4)c1SC1CCCC1. The third-order valence-electron chi connectivity index (χ3n) is 7.97. The van der Waals surface area contributed by atoms with E-state index in [0.717, 1.165) is 29.6 Å². The van der Waals surface area contributed by atoms with Gasteiger partial charge in [0.05, 0.1) is 13.2 Å². The Morgan fingerprint density at radius 2 is 1.81 bits per heavy atom.